The highest BCUT2D eigenvalue weighted by atomic mass is 32.2. The summed E-state index contributed by atoms with van der Waals surface area (Å²) < 4.78 is 31.8. The van der Waals surface area contributed by atoms with Gasteiger partial charge in [-0.1, -0.05) is 96.8 Å². The summed E-state index contributed by atoms with van der Waals surface area (Å²) in [5.74, 6) is 7.27. The number of aromatic nitrogens is 4. The molecular formula is C47H46N8O6S. The summed E-state index contributed by atoms with van der Waals surface area (Å²) in [7, 11) is -2.39. The minimum atomic E-state index is -3.67. The zero-order valence-electron chi connectivity index (χ0n) is 34.2. The molecule has 0 spiro atoms. The van der Waals surface area contributed by atoms with Gasteiger partial charge in [-0.05, 0) is 72.2 Å². The van der Waals surface area contributed by atoms with Crippen LogP contribution >= 0.6 is 0 Å². The second-order valence-corrected chi connectivity index (χ2v) is 17.1. The van der Waals surface area contributed by atoms with Crippen molar-refractivity contribution < 1.29 is 27.5 Å². The van der Waals surface area contributed by atoms with Crippen LogP contribution in [-0.2, 0) is 24.3 Å². The van der Waals surface area contributed by atoms with Gasteiger partial charge in [-0.15, -0.1) is 0 Å². The zero-order valence-corrected chi connectivity index (χ0v) is 35.1. The van der Waals surface area contributed by atoms with Gasteiger partial charge in [-0.3, -0.25) is 9.59 Å². The molecule has 316 valence electrons. The van der Waals surface area contributed by atoms with Gasteiger partial charge in [0.2, 0.25) is 15.9 Å². The molecule has 3 amide bonds. The van der Waals surface area contributed by atoms with Crippen molar-refractivity contribution in [2.24, 2.45) is 0 Å². The topological polar surface area (TPSA) is 182 Å². The number of methoxy groups -OCH3 is 1. The number of carbonyl (C=O) groups excluding carboxylic acids is 3. The van der Waals surface area contributed by atoms with E-state index < -0.39 is 28.2 Å². The molecule has 0 saturated carbocycles. The van der Waals surface area contributed by atoms with E-state index >= 15 is 0 Å². The molecule has 8 rings (SSSR count). The Morgan fingerprint density at radius 3 is 1.55 bits per heavy atom. The number of carbonyl (C=O) groups is 3. The third kappa shape index (κ3) is 9.46. The first-order valence-electron chi connectivity index (χ1n) is 20.4. The van der Waals surface area contributed by atoms with E-state index in [-0.39, 0.29) is 23.9 Å². The number of likely N-dealkylation sites (tertiary alicyclic amines) is 2. The van der Waals surface area contributed by atoms with Crippen LogP contribution in [0.3, 0.4) is 0 Å². The van der Waals surface area contributed by atoms with Crippen LogP contribution < -0.4 is 10.0 Å². The average molecular weight is 851 g/mol. The fourth-order valence-corrected chi connectivity index (χ4v) is 8.77. The van der Waals surface area contributed by atoms with E-state index in [1.54, 1.807) is 46.5 Å². The Labute approximate surface area is 360 Å². The number of ether oxygens (including phenoxy) is 1. The fraction of sp³-hybridized carbons (Fsp3) is 0.255. The van der Waals surface area contributed by atoms with Crippen LogP contribution in [0.2, 0.25) is 0 Å². The minimum Gasteiger partial charge on any atom is -0.453 e. The summed E-state index contributed by atoms with van der Waals surface area (Å²) >= 11 is 0. The largest absolute Gasteiger partial charge is 0.453 e. The number of aromatic amines is 2. The van der Waals surface area contributed by atoms with Gasteiger partial charge < -0.3 is 29.8 Å². The van der Waals surface area contributed by atoms with Crippen LogP contribution in [0.4, 0.5) is 4.79 Å². The van der Waals surface area contributed by atoms with Gasteiger partial charge in [0.15, 0.2) is 0 Å². The third-order valence-corrected chi connectivity index (χ3v) is 11.8. The number of hydrogen-bond acceptors (Lipinski definition) is 8. The Bertz CT molecular complexity index is 2710. The standard InChI is InChI=1S/C47H46N8O6S/c1-61-47(58)52-41(35-11-5-3-6-12-35)45(56)54-27-9-15-39(54)43-48-29-37(50-43)33-23-19-31(20-24-33)17-18-32-21-25-34(26-22-32)38-30-49-44(51-38)40-16-10-28-55(40)46(57)42(53-62(2,59)60)36-13-7-4-8-14-36/h3-8,11-14,19-26,29-30,39-42,53H,9-10,15-16,27-28H2,1-2H3,(H,48,50)(H,49,51)(H,52,58)/t39-,40-,41+,42+/m0/s1. The lowest BCUT2D eigenvalue weighted by molar-refractivity contribution is -0.135. The molecule has 4 aromatic carbocycles. The molecule has 4 N–H and O–H groups in total. The normalized spacial score (nSPS) is 17.2. The Morgan fingerprint density at radius 1 is 0.677 bits per heavy atom. The number of sulfonamides is 1. The van der Waals surface area contributed by atoms with Crippen molar-refractivity contribution in [3.05, 3.63) is 155 Å². The van der Waals surface area contributed by atoms with Crippen LogP contribution in [0.25, 0.3) is 22.5 Å². The van der Waals surface area contributed by atoms with Gasteiger partial charge >= 0.3 is 6.09 Å². The summed E-state index contributed by atoms with van der Waals surface area (Å²) in [5.41, 5.74) is 6.37. The number of amides is 3. The first-order valence-corrected chi connectivity index (χ1v) is 22.3. The number of rotatable bonds is 11. The molecule has 4 heterocycles. The van der Waals surface area contributed by atoms with Gasteiger partial charge in [0, 0.05) is 24.2 Å². The summed E-state index contributed by atoms with van der Waals surface area (Å²) in [6, 6.07) is 31.2. The molecule has 15 heteroatoms. The molecule has 62 heavy (non-hydrogen) atoms. The highest BCUT2D eigenvalue weighted by Crippen LogP contribution is 2.36. The lowest BCUT2D eigenvalue weighted by Gasteiger charge is -2.28. The highest BCUT2D eigenvalue weighted by molar-refractivity contribution is 7.88. The zero-order chi connectivity index (χ0) is 43.2. The van der Waals surface area contributed by atoms with E-state index in [1.807, 2.05) is 84.9 Å². The third-order valence-electron chi connectivity index (χ3n) is 11.2. The maximum atomic E-state index is 13.9. The van der Waals surface area contributed by atoms with Gasteiger partial charge in [-0.2, -0.15) is 4.72 Å². The fourth-order valence-electron chi connectivity index (χ4n) is 8.11. The summed E-state index contributed by atoms with van der Waals surface area (Å²) in [6.07, 6.45) is 6.91. The van der Waals surface area contributed by atoms with E-state index in [4.69, 9.17) is 4.74 Å². The van der Waals surface area contributed by atoms with Crippen LogP contribution in [0.5, 0.6) is 0 Å². The molecule has 0 radical (unpaired) electrons. The average Bonchev–Trinajstić information content (AvgIpc) is 4.14. The Balaban J connectivity index is 0.904. The van der Waals surface area contributed by atoms with Gasteiger partial charge in [0.1, 0.15) is 23.7 Å². The molecule has 0 aliphatic carbocycles. The van der Waals surface area contributed by atoms with Crippen molar-refractivity contribution >= 4 is 27.9 Å². The van der Waals surface area contributed by atoms with Crippen LogP contribution in [-0.4, -0.2) is 82.5 Å². The van der Waals surface area contributed by atoms with E-state index in [9.17, 15) is 22.8 Å². The second kappa shape index (κ2) is 18.3. The predicted molar refractivity (Wildman–Crippen MR) is 233 cm³/mol. The summed E-state index contributed by atoms with van der Waals surface area (Å²) in [6.45, 7) is 1.04. The molecule has 6 aromatic rings. The predicted octanol–water partition coefficient (Wildman–Crippen LogP) is 6.58. The molecule has 2 fully saturated rings. The van der Waals surface area contributed by atoms with Gasteiger partial charge in [-0.25, -0.2) is 23.2 Å². The SMILES string of the molecule is COC(=O)N[C@@H](C(=O)N1CCC[C@H]1c1ncc(-c2ccc(C#Cc3ccc(-c4cnc([C@@H]5CCCN5C(=O)[C@H](NS(C)(=O)=O)c5ccccc5)[nH]4)cc3)cc2)[nH]1)c1ccccc1. The molecule has 14 nitrogen and oxygen atoms in total. The molecule has 2 aliphatic heterocycles. The van der Waals surface area contributed by atoms with Crippen molar-refractivity contribution in [3.63, 3.8) is 0 Å². The van der Waals surface area contributed by atoms with Crippen molar-refractivity contribution in [2.75, 3.05) is 26.5 Å². The van der Waals surface area contributed by atoms with E-state index in [1.165, 1.54) is 7.11 Å². The second-order valence-electron chi connectivity index (χ2n) is 15.4. The quantitative estimate of drug-likeness (QED) is 0.106. The van der Waals surface area contributed by atoms with Crippen LogP contribution in [0.1, 0.15) is 83.8 Å². The van der Waals surface area contributed by atoms with Crippen LogP contribution in [0.15, 0.2) is 122 Å². The van der Waals surface area contributed by atoms with Crippen molar-refractivity contribution in [3.8, 4) is 34.4 Å². The van der Waals surface area contributed by atoms with E-state index in [2.05, 4.69) is 41.8 Å². The lowest BCUT2D eigenvalue weighted by atomic mass is 10.1. The molecule has 0 bridgehead atoms. The smallest absolute Gasteiger partial charge is 0.407 e. The first kappa shape index (κ1) is 41.7. The van der Waals surface area contributed by atoms with E-state index in [0.717, 1.165) is 59.2 Å². The number of nitrogens with one attached hydrogen (secondary N) is 4. The van der Waals surface area contributed by atoms with Gasteiger partial charge in [0.25, 0.3) is 5.91 Å². The highest BCUT2D eigenvalue weighted by Gasteiger charge is 2.38. The molecule has 2 aliphatic rings. The molecule has 2 aromatic heterocycles. The number of H-pyrrole nitrogens is 2. The number of alkyl carbamates (subject to hydrolysis) is 1. The number of benzene rings is 4. The molecule has 0 unspecified atom stereocenters. The maximum absolute atomic E-state index is 13.9. The number of nitrogens with zero attached hydrogens (tertiary/aromatic N) is 4. The van der Waals surface area contributed by atoms with Crippen LogP contribution in [0, 0.1) is 11.8 Å². The van der Waals surface area contributed by atoms with Crippen molar-refractivity contribution in [1.82, 2.24) is 39.8 Å². The van der Waals surface area contributed by atoms with Crippen molar-refractivity contribution in [2.45, 2.75) is 49.9 Å². The summed E-state index contributed by atoms with van der Waals surface area (Å²) in [4.78, 5) is 59.5. The maximum Gasteiger partial charge on any atom is 0.407 e. The molecular weight excluding hydrogens is 805 g/mol. The molecule has 2 saturated heterocycles. The first-order chi connectivity index (χ1) is 30.0. The summed E-state index contributed by atoms with van der Waals surface area (Å²) in [5, 5.41) is 2.70. The monoisotopic (exact) mass is 850 g/mol. The molecule has 4 atom stereocenters. The number of hydrogen-bond donors (Lipinski definition) is 4. The van der Waals surface area contributed by atoms with Crippen molar-refractivity contribution in [1.29, 1.82) is 0 Å². The number of imidazole rings is 2. The van der Waals surface area contributed by atoms with Gasteiger partial charge in [0.05, 0.1) is 49.2 Å². The van der Waals surface area contributed by atoms with E-state index in [0.29, 0.717) is 42.3 Å². The lowest BCUT2D eigenvalue weighted by Crippen LogP contribution is -2.42. The Kier molecular flexibility index (Phi) is 12.3. The minimum absolute atomic E-state index is 0.225. The Hall–Kier alpha value is -7.02. The Morgan fingerprint density at radius 2 is 1.11 bits per heavy atom.